The third-order valence-electron chi connectivity index (χ3n) is 5.15. The molecule has 5 heterocycles. The summed E-state index contributed by atoms with van der Waals surface area (Å²) in [4.78, 5) is 29.9. The SMILES string of the molecule is Cn1c(=O)c2sccc2n2c(CN3CCN(C(=O)c4cccs4)CC3)nnc12. The lowest BCUT2D eigenvalue weighted by Crippen LogP contribution is -2.48. The first-order valence-electron chi connectivity index (χ1n) is 8.99. The van der Waals surface area contributed by atoms with Crippen LogP contribution in [0.4, 0.5) is 0 Å². The molecule has 1 aliphatic heterocycles. The average molecular weight is 415 g/mol. The second-order valence-electron chi connectivity index (χ2n) is 6.80. The van der Waals surface area contributed by atoms with Crippen LogP contribution in [0.1, 0.15) is 15.5 Å². The molecule has 0 spiro atoms. The van der Waals surface area contributed by atoms with Crippen molar-refractivity contribution < 1.29 is 4.79 Å². The Labute approximate surface area is 168 Å². The highest BCUT2D eigenvalue weighted by molar-refractivity contribution is 7.17. The van der Waals surface area contributed by atoms with Gasteiger partial charge in [0.15, 0.2) is 5.82 Å². The van der Waals surface area contributed by atoms with Gasteiger partial charge in [0.05, 0.1) is 16.9 Å². The molecule has 0 N–H and O–H groups in total. The number of hydrogen-bond acceptors (Lipinski definition) is 7. The first-order valence-corrected chi connectivity index (χ1v) is 10.7. The number of hydrogen-bond donors (Lipinski definition) is 0. The molecule has 1 amide bonds. The van der Waals surface area contributed by atoms with E-state index in [-0.39, 0.29) is 11.5 Å². The van der Waals surface area contributed by atoms with Crippen LogP contribution in [-0.2, 0) is 13.6 Å². The van der Waals surface area contributed by atoms with Gasteiger partial charge < -0.3 is 4.90 Å². The number of carbonyl (C=O) groups is 1. The number of aromatic nitrogens is 4. The molecule has 0 atom stereocenters. The highest BCUT2D eigenvalue weighted by Gasteiger charge is 2.24. The van der Waals surface area contributed by atoms with Crippen LogP contribution in [-0.4, -0.2) is 61.1 Å². The summed E-state index contributed by atoms with van der Waals surface area (Å²) in [6.07, 6.45) is 0. The van der Waals surface area contributed by atoms with E-state index in [0.29, 0.717) is 30.1 Å². The largest absolute Gasteiger partial charge is 0.335 e. The van der Waals surface area contributed by atoms with Crippen LogP contribution in [0.25, 0.3) is 16.0 Å². The lowest BCUT2D eigenvalue weighted by molar-refractivity contribution is 0.0630. The molecule has 0 aliphatic carbocycles. The molecule has 10 heteroatoms. The lowest BCUT2D eigenvalue weighted by atomic mass is 10.3. The Morgan fingerprint density at radius 1 is 1.11 bits per heavy atom. The van der Waals surface area contributed by atoms with Crippen molar-refractivity contribution in [2.45, 2.75) is 6.54 Å². The van der Waals surface area contributed by atoms with Crippen LogP contribution in [0.5, 0.6) is 0 Å². The highest BCUT2D eigenvalue weighted by atomic mass is 32.1. The number of piperazine rings is 1. The summed E-state index contributed by atoms with van der Waals surface area (Å²) in [7, 11) is 1.73. The summed E-state index contributed by atoms with van der Waals surface area (Å²) >= 11 is 2.92. The van der Waals surface area contributed by atoms with E-state index >= 15 is 0 Å². The van der Waals surface area contributed by atoms with Gasteiger partial charge in [-0.25, -0.2) is 0 Å². The molecule has 1 saturated heterocycles. The predicted octanol–water partition coefficient (Wildman–Crippen LogP) is 1.66. The van der Waals surface area contributed by atoms with Gasteiger partial charge in [-0.15, -0.1) is 32.9 Å². The zero-order chi connectivity index (χ0) is 19.3. The van der Waals surface area contributed by atoms with E-state index in [1.807, 2.05) is 38.3 Å². The Hall–Kier alpha value is -2.56. The second-order valence-corrected chi connectivity index (χ2v) is 8.66. The fourth-order valence-corrected chi connectivity index (χ4v) is 5.16. The first-order chi connectivity index (χ1) is 13.6. The standard InChI is InChI=1S/C18H18N6O2S2/c1-21-17(26)15-12(4-10-28-15)24-14(19-20-18(21)24)11-22-5-7-23(8-6-22)16(25)13-3-2-9-27-13/h2-4,9-10H,5-8,11H2,1H3. The quantitative estimate of drug-likeness (QED) is 0.510. The topological polar surface area (TPSA) is 75.7 Å². The van der Waals surface area contributed by atoms with Crippen LogP contribution < -0.4 is 5.56 Å². The molecule has 28 heavy (non-hydrogen) atoms. The molecule has 4 aromatic heterocycles. The molecule has 0 aromatic carbocycles. The zero-order valence-electron chi connectivity index (χ0n) is 15.2. The Balaban J connectivity index is 1.37. The summed E-state index contributed by atoms with van der Waals surface area (Å²) in [5.41, 5.74) is 0.812. The van der Waals surface area contributed by atoms with E-state index < -0.39 is 0 Å². The van der Waals surface area contributed by atoms with E-state index in [1.54, 1.807) is 11.6 Å². The van der Waals surface area contributed by atoms with Crippen LogP contribution in [0.15, 0.2) is 33.8 Å². The normalized spacial score (nSPS) is 15.7. The maximum Gasteiger partial charge on any atom is 0.272 e. The molecule has 144 valence electrons. The molecule has 0 unspecified atom stereocenters. The highest BCUT2D eigenvalue weighted by Crippen LogP contribution is 2.20. The lowest BCUT2D eigenvalue weighted by Gasteiger charge is -2.34. The molecule has 0 radical (unpaired) electrons. The fourth-order valence-electron chi connectivity index (χ4n) is 3.62. The van der Waals surface area contributed by atoms with Gasteiger partial charge in [0.25, 0.3) is 11.5 Å². The van der Waals surface area contributed by atoms with Crippen molar-refractivity contribution in [2.75, 3.05) is 26.2 Å². The van der Waals surface area contributed by atoms with Crippen LogP contribution in [0.3, 0.4) is 0 Å². The van der Waals surface area contributed by atoms with Crippen molar-refractivity contribution in [3.63, 3.8) is 0 Å². The first kappa shape index (κ1) is 17.5. The summed E-state index contributed by atoms with van der Waals surface area (Å²) in [5.74, 6) is 1.47. The Morgan fingerprint density at radius 3 is 2.68 bits per heavy atom. The number of nitrogens with zero attached hydrogens (tertiary/aromatic N) is 6. The maximum atomic E-state index is 12.5. The van der Waals surface area contributed by atoms with Gasteiger partial charge >= 0.3 is 0 Å². The Bertz CT molecular complexity index is 1210. The molecule has 0 saturated carbocycles. The molecular weight excluding hydrogens is 396 g/mol. The van der Waals surface area contributed by atoms with Crippen molar-refractivity contribution in [1.82, 2.24) is 29.0 Å². The zero-order valence-corrected chi connectivity index (χ0v) is 16.9. The number of fused-ring (bicyclic) bond motifs is 3. The minimum Gasteiger partial charge on any atom is -0.335 e. The molecule has 8 nitrogen and oxygen atoms in total. The monoisotopic (exact) mass is 414 g/mol. The van der Waals surface area contributed by atoms with Crippen molar-refractivity contribution in [3.05, 3.63) is 50.0 Å². The van der Waals surface area contributed by atoms with Crippen LogP contribution in [0, 0.1) is 0 Å². The molecule has 4 aromatic rings. The van der Waals surface area contributed by atoms with E-state index in [9.17, 15) is 9.59 Å². The summed E-state index contributed by atoms with van der Waals surface area (Å²) in [5, 5.41) is 12.4. The third kappa shape index (κ3) is 2.76. The average Bonchev–Trinajstić information content (AvgIpc) is 3.46. The minimum absolute atomic E-state index is 0.0443. The van der Waals surface area contributed by atoms with Gasteiger partial charge in [-0.2, -0.15) is 0 Å². The summed E-state index contributed by atoms with van der Waals surface area (Å²) in [6, 6.07) is 5.72. The van der Waals surface area contributed by atoms with Crippen molar-refractivity contribution in [2.24, 2.45) is 7.05 Å². The van der Waals surface area contributed by atoms with Crippen molar-refractivity contribution >= 4 is 44.6 Å². The fraction of sp³-hybridized carbons (Fsp3) is 0.333. The van der Waals surface area contributed by atoms with Gasteiger partial charge in [0, 0.05) is 33.2 Å². The van der Waals surface area contributed by atoms with E-state index in [2.05, 4.69) is 15.1 Å². The molecule has 1 fully saturated rings. The summed E-state index contributed by atoms with van der Waals surface area (Å²) in [6.45, 7) is 3.58. The molecule has 0 bridgehead atoms. The number of carbonyl (C=O) groups excluding carboxylic acids is 1. The van der Waals surface area contributed by atoms with Gasteiger partial charge in [0.2, 0.25) is 5.78 Å². The molecule has 1 aliphatic rings. The van der Waals surface area contributed by atoms with Crippen molar-refractivity contribution in [1.29, 1.82) is 0 Å². The van der Waals surface area contributed by atoms with Gasteiger partial charge in [-0.3, -0.25) is 23.5 Å². The number of amides is 1. The van der Waals surface area contributed by atoms with E-state index in [4.69, 9.17) is 0 Å². The predicted molar refractivity (Wildman–Crippen MR) is 109 cm³/mol. The van der Waals surface area contributed by atoms with Gasteiger partial charge in [-0.1, -0.05) is 6.07 Å². The van der Waals surface area contributed by atoms with Crippen LogP contribution in [0.2, 0.25) is 0 Å². The van der Waals surface area contributed by atoms with Gasteiger partial charge in [0.1, 0.15) is 4.70 Å². The summed E-state index contributed by atoms with van der Waals surface area (Å²) < 4.78 is 4.23. The minimum atomic E-state index is -0.0443. The molecule has 5 rings (SSSR count). The smallest absolute Gasteiger partial charge is 0.272 e. The van der Waals surface area contributed by atoms with Gasteiger partial charge in [-0.05, 0) is 22.9 Å². The number of aryl methyl sites for hydroxylation is 1. The van der Waals surface area contributed by atoms with Crippen LogP contribution >= 0.6 is 22.7 Å². The number of thiophene rings is 2. The Morgan fingerprint density at radius 2 is 1.93 bits per heavy atom. The Kier molecular flexibility index (Phi) is 4.26. The van der Waals surface area contributed by atoms with Crippen molar-refractivity contribution in [3.8, 4) is 0 Å². The number of rotatable bonds is 3. The van der Waals surface area contributed by atoms with E-state index in [0.717, 1.165) is 29.3 Å². The maximum absolute atomic E-state index is 12.5. The third-order valence-corrected chi connectivity index (χ3v) is 6.90. The van der Waals surface area contributed by atoms with E-state index in [1.165, 1.54) is 22.7 Å². The molecular formula is C18H18N6O2S2. The second kappa shape index (κ2) is 6.80.